The van der Waals surface area contributed by atoms with Crippen LogP contribution in [0.4, 0.5) is 0 Å². The second kappa shape index (κ2) is 9.38. The predicted octanol–water partition coefficient (Wildman–Crippen LogP) is 2.48. The summed E-state index contributed by atoms with van der Waals surface area (Å²) in [5, 5.41) is 3.68. The Morgan fingerprint density at radius 2 is 1.70 bits per heavy atom. The van der Waals surface area contributed by atoms with Gasteiger partial charge in [-0.1, -0.05) is 38.1 Å². The Morgan fingerprint density at radius 3 is 2.30 bits per heavy atom. The molecule has 2 saturated heterocycles. The third-order valence-corrected chi connectivity index (χ3v) is 6.84. The van der Waals surface area contributed by atoms with Gasteiger partial charge in [-0.25, -0.2) is 0 Å². The van der Waals surface area contributed by atoms with E-state index in [2.05, 4.69) is 58.2 Å². The summed E-state index contributed by atoms with van der Waals surface area (Å²) in [6.07, 6.45) is 3.49. The lowest BCUT2D eigenvalue weighted by atomic mass is 10.0. The summed E-state index contributed by atoms with van der Waals surface area (Å²) in [5.41, 5.74) is 2.83. The molecule has 4 rings (SSSR count). The molecule has 1 saturated carbocycles. The number of hydrogen-bond donors (Lipinski definition) is 1. The average molecular weight is 412 g/mol. The second-order valence-corrected chi connectivity index (χ2v) is 9.31. The van der Waals surface area contributed by atoms with Crippen LogP contribution in [0.3, 0.4) is 0 Å². The predicted molar refractivity (Wildman–Crippen MR) is 122 cm³/mol. The molecule has 3 aliphatic rings. The van der Waals surface area contributed by atoms with Crippen molar-refractivity contribution < 1.29 is 4.79 Å². The molecule has 2 heterocycles. The van der Waals surface area contributed by atoms with E-state index >= 15 is 0 Å². The van der Waals surface area contributed by atoms with Crippen LogP contribution in [-0.2, 0) is 4.79 Å². The van der Waals surface area contributed by atoms with Crippen LogP contribution in [0.25, 0.3) is 0 Å². The number of aliphatic imine (C=N–C) groups is 1. The van der Waals surface area contributed by atoms with Gasteiger partial charge in [0.1, 0.15) is 0 Å². The minimum Gasteiger partial charge on any atom is -0.353 e. The van der Waals surface area contributed by atoms with Crippen LogP contribution < -0.4 is 5.32 Å². The fourth-order valence-corrected chi connectivity index (χ4v) is 4.69. The van der Waals surface area contributed by atoms with Crippen LogP contribution in [0.15, 0.2) is 29.3 Å². The summed E-state index contributed by atoms with van der Waals surface area (Å²) in [6, 6.07) is 9.60. The molecule has 2 aliphatic heterocycles. The van der Waals surface area contributed by atoms with Gasteiger partial charge < -0.3 is 15.1 Å². The SMILES string of the molecule is CN=C(NC1CC1c1ccc(C(C)C)cc1)N1CCN(CC(=O)N2CCCC2)CC1. The number of guanidine groups is 1. The largest absolute Gasteiger partial charge is 0.353 e. The average Bonchev–Trinajstić information content (AvgIpc) is 3.30. The van der Waals surface area contributed by atoms with Crippen molar-refractivity contribution in [1.82, 2.24) is 20.0 Å². The van der Waals surface area contributed by atoms with Crippen LogP contribution >= 0.6 is 0 Å². The molecule has 2 unspecified atom stereocenters. The van der Waals surface area contributed by atoms with Gasteiger partial charge in [0, 0.05) is 58.3 Å². The summed E-state index contributed by atoms with van der Waals surface area (Å²) in [7, 11) is 1.88. The first-order chi connectivity index (χ1) is 14.5. The van der Waals surface area contributed by atoms with Crippen molar-refractivity contribution in [2.24, 2.45) is 4.99 Å². The number of piperazine rings is 1. The van der Waals surface area contributed by atoms with E-state index in [1.165, 1.54) is 17.5 Å². The summed E-state index contributed by atoms with van der Waals surface area (Å²) < 4.78 is 0. The van der Waals surface area contributed by atoms with E-state index in [0.29, 0.717) is 30.3 Å². The molecule has 1 amide bonds. The molecule has 6 nitrogen and oxygen atoms in total. The number of benzene rings is 1. The quantitative estimate of drug-likeness (QED) is 0.597. The zero-order valence-electron chi connectivity index (χ0n) is 18.8. The number of amides is 1. The minimum atomic E-state index is 0.299. The first-order valence-electron chi connectivity index (χ1n) is 11.6. The van der Waals surface area contributed by atoms with Crippen molar-refractivity contribution in [3.63, 3.8) is 0 Å². The number of rotatable bonds is 5. The minimum absolute atomic E-state index is 0.299. The first kappa shape index (κ1) is 21.2. The van der Waals surface area contributed by atoms with Gasteiger partial charge in [0.15, 0.2) is 5.96 Å². The van der Waals surface area contributed by atoms with Crippen molar-refractivity contribution in [2.45, 2.75) is 51.0 Å². The molecule has 164 valence electrons. The maximum atomic E-state index is 12.4. The Bertz CT molecular complexity index is 745. The molecule has 1 N–H and O–H groups in total. The maximum Gasteiger partial charge on any atom is 0.236 e. The van der Waals surface area contributed by atoms with Crippen molar-refractivity contribution >= 4 is 11.9 Å². The molecule has 1 aromatic rings. The zero-order chi connectivity index (χ0) is 21.1. The van der Waals surface area contributed by atoms with Crippen LogP contribution in [0, 0.1) is 0 Å². The van der Waals surface area contributed by atoms with E-state index in [4.69, 9.17) is 0 Å². The molecule has 3 fully saturated rings. The van der Waals surface area contributed by atoms with Gasteiger partial charge in [0.25, 0.3) is 0 Å². The normalized spacial score (nSPS) is 25.1. The number of carbonyl (C=O) groups excluding carboxylic acids is 1. The summed E-state index contributed by atoms with van der Waals surface area (Å²) in [6.45, 7) is 10.6. The molecular weight excluding hydrogens is 374 g/mol. The molecule has 1 aromatic carbocycles. The number of hydrogen-bond acceptors (Lipinski definition) is 3. The van der Waals surface area contributed by atoms with Gasteiger partial charge in [-0.05, 0) is 36.3 Å². The molecule has 0 spiro atoms. The van der Waals surface area contributed by atoms with Crippen LogP contribution in [-0.4, -0.2) is 85.5 Å². The fourth-order valence-electron chi connectivity index (χ4n) is 4.69. The molecule has 6 heteroatoms. The van der Waals surface area contributed by atoms with Crippen LogP contribution in [0.2, 0.25) is 0 Å². The number of carbonyl (C=O) groups is 1. The highest BCUT2D eigenvalue weighted by molar-refractivity contribution is 5.81. The van der Waals surface area contributed by atoms with Gasteiger partial charge in [0.2, 0.25) is 5.91 Å². The van der Waals surface area contributed by atoms with Gasteiger partial charge in [0.05, 0.1) is 6.54 Å². The first-order valence-corrected chi connectivity index (χ1v) is 11.6. The van der Waals surface area contributed by atoms with Crippen molar-refractivity contribution in [3.8, 4) is 0 Å². The molecule has 0 bridgehead atoms. The maximum absolute atomic E-state index is 12.4. The van der Waals surface area contributed by atoms with Crippen LogP contribution in [0.1, 0.15) is 56.1 Å². The van der Waals surface area contributed by atoms with Gasteiger partial charge in [-0.15, -0.1) is 0 Å². The highest BCUT2D eigenvalue weighted by atomic mass is 16.2. The Labute approximate surface area is 181 Å². The lowest BCUT2D eigenvalue weighted by molar-refractivity contribution is -0.131. The highest BCUT2D eigenvalue weighted by Gasteiger charge is 2.39. The van der Waals surface area contributed by atoms with E-state index in [-0.39, 0.29) is 0 Å². The van der Waals surface area contributed by atoms with E-state index < -0.39 is 0 Å². The van der Waals surface area contributed by atoms with E-state index in [9.17, 15) is 4.79 Å². The van der Waals surface area contributed by atoms with Crippen molar-refractivity contribution in [3.05, 3.63) is 35.4 Å². The summed E-state index contributed by atoms with van der Waals surface area (Å²) in [4.78, 5) is 23.6. The molecule has 2 atom stereocenters. The van der Waals surface area contributed by atoms with E-state index in [0.717, 1.165) is 58.1 Å². The van der Waals surface area contributed by atoms with Crippen molar-refractivity contribution in [1.29, 1.82) is 0 Å². The highest BCUT2D eigenvalue weighted by Crippen LogP contribution is 2.41. The number of nitrogens with one attached hydrogen (secondary N) is 1. The smallest absolute Gasteiger partial charge is 0.236 e. The zero-order valence-corrected chi connectivity index (χ0v) is 18.8. The lowest BCUT2D eigenvalue weighted by Gasteiger charge is -2.36. The number of nitrogens with zero attached hydrogens (tertiary/aromatic N) is 4. The fraction of sp³-hybridized carbons (Fsp3) is 0.667. The standard InChI is InChI=1S/C24H37N5O/c1-18(2)19-6-8-20(9-7-19)21-16-22(21)26-24(25-3)29-14-12-27(13-15-29)17-23(30)28-10-4-5-11-28/h6-9,18,21-22H,4-5,10-17H2,1-3H3,(H,25,26). The third kappa shape index (κ3) is 4.97. The Kier molecular flexibility index (Phi) is 6.61. The van der Waals surface area contributed by atoms with Crippen LogP contribution in [0.5, 0.6) is 0 Å². The van der Waals surface area contributed by atoms with Crippen molar-refractivity contribution in [2.75, 3.05) is 52.9 Å². The monoisotopic (exact) mass is 411 g/mol. The molecule has 1 aliphatic carbocycles. The Morgan fingerprint density at radius 1 is 1.03 bits per heavy atom. The Hall–Kier alpha value is -2.08. The van der Waals surface area contributed by atoms with Gasteiger partial charge in [-0.3, -0.25) is 14.7 Å². The molecule has 30 heavy (non-hydrogen) atoms. The number of likely N-dealkylation sites (tertiary alicyclic amines) is 1. The third-order valence-electron chi connectivity index (χ3n) is 6.84. The molecule has 0 aromatic heterocycles. The molecule has 0 radical (unpaired) electrons. The van der Waals surface area contributed by atoms with E-state index in [1.807, 2.05) is 11.9 Å². The van der Waals surface area contributed by atoms with Gasteiger partial charge >= 0.3 is 0 Å². The Balaban J connectivity index is 1.23. The second-order valence-electron chi connectivity index (χ2n) is 9.31. The summed E-state index contributed by atoms with van der Waals surface area (Å²) in [5.74, 6) is 2.47. The lowest BCUT2D eigenvalue weighted by Crippen LogP contribution is -2.54. The van der Waals surface area contributed by atoms with Gasteiger partial charge in [-0.2, -0.15) is 0 Å². The topological polar surface area (TPSA) is 51.2 Å². The molecular formula is C24H37N5O. The van der Waals surface area contributed by atoms with E-state index in [1.54, 1.807) is 0 Å². The summed E-state index contributed by atoms with van der Waals surface area (Å²) >= 11 is 0.